The topological polar surface area (TPSA) is 116 Å². The van der Waals surface area contributed by atoms with Crippen LogP contribution in [0.25, 0.3) is 0 Å². The van der Waals surface area contributed by atoms with Gasteiger partial charge in [-0.15, -0.1) is 0 Å². The Kier molecular flexibility index (Phi) is 4.85. The molecule has 124 valence electrons. The van der Waals surface area contributed by atoms with Gasteiger partial charge in [-0.25, -0.2) is 22.0 Å². The van der Waals surface area contributed by atoms with E-state index in [-0.39, 0.29) is 16.3 Å². The Morgan fingerprint density at radius 3 is 2.17 bits per heavy atom. The van der Waals surface area contributed by atoms with Crippen molar-refractivity contribution in [3.63, 3.8) is 0 Å². The quantitative estimate of drug-likeness (QED) is 0.829. The molecule has 10 heteroatoms. The molecule has 3 N–H and O–H groups in total. The first kappa shape index (κ1) is 17.5. The average Bonchev–Trinajstić information content (AvgIpc) is 2.40. The fourth-order valence-electron chi connectivity index (χ4n) is 1.68. The summed E-state index contributed by atoms with van der Waals surface area (Å²) in [6, 6.07) is 9.82. The van der Waals surface area contributed by atoms with E-state index in [9.17, 15) is 16.8 Å². The Balaban J connectivity index is 2.49. The smallest absolute Gasteiger partial charge is 0.238 e. The highest BCUT2D eigenvalue weighted by atomic mass is 35.5. The molecule has 0 radical (unpaired) electrons. The fourth-order valence-corrected chi connectivity index (χ4v) is 2.90. The fraction of sp³-hybridized carbons (Fsp3) is 0.0769. The van der Waals surface area contributed by atoms with Crippen LogP contribution in [0.15, 0.2) is 47.4 Å². The summed E-state index contributed by atoms with van der Waals surface area (Å²) >= 11 is 5.78. The molecular formula is C13H13ClN2O5S2. The van der Waals surface area contributed by atoms with Gasteiger partial charge in [0.2, 0.25) is 20.0 Å². The molecule has 0 spiro atoms. The SMILES string of the molecule is CS(=O)(=O)Nc1ccc(S(N)(=O)=O)cc1Oc1ccc(Cl)cc1. The highest BCUT2D eigenvalue weighted by Crippen LogP contribution is 2.32. The number of anilines is 1. The average molecular weight is 377 g/mol. The summed E-state index contributed by atoms with van der Waals surface area (Å²) in [5.74, 6) is 0.335. The van der Waals surface area contributed by atoms with Crippen molar-refractivity contribution in [2.24, 2.45) is 5.14 Å². The maximum atomic E-state index is 11.4. The van der Waals surface area contributed by atoms with E-state index < -0.39 is 20.0 Å². The van der Waals surface area contributed by atoms with Gasteiger partial charge in [0.05, 0.1) is 16.8 Å². The lowest BCUT2D eigenvalue weighted by Crippen LogP contribution is -2.14. The van der Waals surface area contributed by atoms with E-state index in [4.69, 9.17) is 21.5 Å². The maximum absolute atomic E-state index is 11.4. The van der Waals surface area contributed by atoms with Gasteiger partial charge in [0, 0.05) is 11.1 Å². The molecule has 0 heterocycles. The number of primary sulfonamides is 1. The summed E-state index contributed by atoms with van der Waals surface area (Å²) in [6.07, 6.45) is 0.965. The zero-order valence-electron chi connectivity index (χ0n) is 11.9. The lowest BCUT2D eigenvalue weighted by Gasteiger charge is -2.13. The van der Waals surface area contributed by atoms with Gasteiger partial charge >= 0.3 is 0 Å². The molecule has 23 heavy (non-hydrogen) atoms. The predicted molar refractivity (Wildman–Crippen MR) is 87.8 cm³/mol. The number of sulfonamides is 2. The normalized spacial score (nSPS) is 12.0. The second-order valence-corrected chi connectivity index (χ2v) is 8.38. The Morgan fingerprint density at radius 2 is 1.65 bits per heavy atom. The van der Waals surface area contributed by atoms with Crippen LogP contribution in [0.4, 0.5) is 5.69 Å². The second-order valence-electron chi connectivity index (χ2n) is 4.63. The minimum Gasteiger partial charge on any atom is -0.455 e. The van der Waals surface area contributed by atoms with Crippen LogP contribution in [0, 0.1) is 0 Å². The summed E-state index contributed by atoms with van der Waals surface area (Å²) in [5, 5.41) is 5.57. The van der Waals surface area contributed by atoms with Gasteiger partial charge < -0.3 is 4.74 Å². The van der Waals surface area contributed by atoms with Gasteiger partial charge in [0.15, 0.2) is 5.75 Å². The first-order chi connectivity index (χ1) is 10.5. The largest absolute Gasteiger partial charge is 0.455 e. The van der Waals surface area contributed by atoms with Gasteiger partial charge in [-0.3, -0.25) is 4.72 Å². The Hall–Kier alpha value is -1.81. The van der Waals surface area contributed by atoms with Crippen LogP contribution >= 0.6 is 11.6 Å². The number of rotatable bonds is 5. The van der Waals surface area contributed by atoms with Gasteiger partial charge in [-0.2, -0.15) is 0 Å². The number of hydrogen-bond donors (Lipinski definition) is 2. The number of nitrogens with one attached hydrogen (secondary N) is 1. The highest BCUT2D eigenvalue weighted by molar-refractivity contribution is 7.92. The van der Waals surface area contributed by atoms with E-state index in [1.54, 1.807) is 24.3 Å². The van der Waals surface area contributed by atoms with Crippen LogP contribution in [0.3, 0.4) is 0 Å². The van der Waals surface area contributed by atoms with Crippen LogP contribution in [0.5, 0.6) is 11.5 Å². The van der Waals surface area contributed by atoms with E-state index in [1.165, 1.54) is 12.1 Å². The van der Waals surface area contributed by atoms with E-state index in [0.29, 0.717) is 10.8 Å². The molecular weight excluding hydrogens is 364 g/mol. The molecule has 0 saturated heterocycles. The summed E-state index contributed by atoms with van der Waals surface area (Å²) in [5.41, 5.74) is 0.0786. The minimum absolute atomic E-state index is 0.00993. The molecule has 0 amide bonds. The van der Waals surface area contributed by atoms with Crippen LogP contribution in [0.2, 0.25) is 5.02 Å². The van der Waals surface area contributed by atoms with Crippen LogP contribution < -0.4 is 14.6 Å². The number of ether oxygens (including phenoxy) is 1. The highest BCUT2D eigenvalue weighted by Gasteiger charge is 2.15. The van der Waals surface area contributed by atoms with E-state index in [0.717, 1.165) is 12.3 Å². The van der Waals surface area contributed by atoms with Crippen molar-refractivity contribution >= 4 is 37.3 Å². The summed E-state index contributed by atoms with van der Waals surface area (Å²) in [4.78, 5) is -0.208. The van der Waals surface area contributed by atoms with Crippen molar-refractivity contribution in [2.45, 2.75) is 4.90 Å². The molecule has 0 saturated carbocycles. The molecule has 0 aromatic heterocycles. The Morgan fingerprint density at radius 1 is 1.04 bits per heavy atom. The van der Waals surface area contributed by atoms with Gasteiger partial charge in [0.25, 0.3) is 0 Å². The van der Waals surface area contributed by atoms with E-state index in [2.05, 4.69) is 4.72 Å². The van der Waals surface area contributed by atoms with Crippen molar-refractivity contribution in [1.82, 2.24) is 0 Å². The minimum atomic E-state index is -3.96. The third-order valence-corrected chi connectivity index (χ3v) is 4.37. The molecule has 0 bridgehead atoms. The molecule has 2 aromatic rings. The number of nitrogens with two attached hydrogens (primary N) is 1. The third-order valence-electron chi connectivity index (χ3n) is 2.62. The standard InChI is InChI=1S/C13H13ClN2O5S2/c1-22(17,18)16-12-7-6-11(23(15,19)20)8-13(12)21-10-4-2-9(14)3-5-10/h2-8,16H,1H3,(H2,15,19,20). The molecule has 2 rings (SSSR count). The molecule has 0 unspecified atom stereocenters. The number of halogens is 1. The molecule has 0 aliphatic heterocycles. The van der Waals surface area contributed by atoms with Crippen LogP contribution in [0.1, 0.15) is 0 Å². The van der Waals surface area contributed by atoms with E-state index >= 15 is 0 Å². The molecule has 2 aromatic carbocycles. The van der Waals surface area contributed by atoms with Crippen molar-refractivity contribution in [1.29, 1.82) is 0 Å². The first-order valence-electron chi connectivity index (χ1n) is 6.13. The van der Waals surface area contributed by atoms with Crippen molar-refractivity contribution < 1.29 is 21.6 Å². The lowest BCUT2D eigenvalue weighted by atomic mass is 10.3. The second kappa shape index (κ2) is 6.36. The maximum Gasteiger partial charge on any atom is 0.238 e. The molecule has 0 fully saturated rings. The first-order valence-corrected chi connectivity index (χ1v) is 9.94. The van der Waals surface area contributed by atoms with Gasteiger partial charge in [0.1, 0.15) is 5.75 Å². The Labute approximate surface area is 139 Å². The number of hydrogen-bond acceptors (Lipinski definition) is 5. The van der Waals surface area contributed by atoms with Crippen molar-refractivity contribution in [2.75, 3.05) is 11.0 Å². The predicted octanol–water partition coefficient (Wildman–Crippen LogP) is 2.15. The lowest BCUT2D eigenvalue weighted by molar-refractivity contribution is 0.483. The summed E-state index contributed by atoms with van der Waals surface area (Å²) in [7, 11) is -7.54. The van der Waals surface area contributed by atoms with Gasteiger partial charge in [-0.05, 0) is 36.4 Å². The Bertz CT molecular complexity index is 925. The molecule has 7 nitrogen and oxygen atoms in total. The summed E-state index contributed by atoms with van der Waals surface area (Å²) < 4.78 is 53.5. The van der Waals surface area contributed by atoms with Crippen molar-refractivity contribution in [3.05, 3.63) is 47.5 Å². The van der Waals surface area contributed by atoms with Gasteiger partial charge in [-0.1, -0.05) is 11.6 Å². The zero-order valence-corrected chi connectivity index (χ0v) is 14.2. The monoisotopic (exact) mass is 376 g/mol. The molecule has 0 aliphatic rings. The molecule has 0 atom stereocenters. The van der Waals surface area contributed by atoms with Crippen molar-refractivity contribution in [3.8, 4) is 11.5 Å². The molecule has 0 aliphatic carbocycles. The zero-order chi connectivity index (χ0) is 17.3. The third kappa shape index (κ3) is 5.10. The van der Waals surface area contributed by atoms with E-state index in [1.807, 2.05) is 0 Å². The summed E-state index contributed by atoms with van der Waals surface area (Å²) in [6.45, 7) is 0. The van der Waals surface area contributed by atoms with Crippen LogP contribution in [-0.4, -0.2) is 23.1 Å². The van der Waals surface area contributed by atoms with Crippen LogP contribution in [-0.2, 0) is 20.0 Å². The number of benzene rings is 2.